The number of rotatable bonds is 8. The third kappa shape index (κ3) is 4.11. The van der Waals surface area contributed by atoms with Crippen LogP contribution in [0.15, 0.2) is 53.9 Å². The minimum absolute atomic E-state index is 0.244. The Hall–Kier alpha value is -1.96. The summed E-state index contributed by atoms with van der Waals surface area (Å²) in [6, 6.07) is 10.9. The van der Waals surface area contributed by atoms with Crippen LogP contribution in [0.25, 0.3) is 0 Å². The van der Waals surface area contributed by atoms with Crippen molar-refractivity contribution in [1.82, 2.24) is 14.8 Å². The van der Waals surface area contributed by atoms with E-state index in [1.807, 2.05) is 18.2 Å². The fourth-order valence-corrected chi connectivity index (χ4v) is 4.74. The summed E-state index contributed by atoms with van der Waals surface area (Å²) in [6.45, 7) is 4.57. The number of ether oxygens (including phenoxy) is 1. The molecule has 1 aromatic heterocycles. The molecule has 0 aliphatic carbocycles. The Kier molecular flexibility index (Phi) is 6.14. The molecular weight excluding hydrogens is 428 g/mol. The second kappa shape index (κ2) is 8.65. The summed E-state index contributed by atoms with van der Waals surface area (Å²) in [6.07, 6.45) is 2.09. The van der Waals surface area contributed by atoms with Gasteiger partial charge in [-0.2, -0.15) is 5.10 Å². The molecule has 1 saturated heterocycles. The van der Waals surface area contributed by atoms with E-state index in [1.54, 1.807) is 22.5 Å². The molecule has 8 heteroatoms. The normalized spacial score (nSPS) is 21.6. The summed E-state index contributed by atoms with van der Waals surface area (Å²) in [4.78, 5) is 4.36. The van der Waals surface area contributed by atoms with Gasteiger partial charge in [0.05, 0.1) is 6.54 Å². The van der Waals surface area contributed by atoms with Gasteiger partial charge in [0.25, 0.3) is 0 Å². The van der Waals surface area contributed by atoms with Crippen molar-refractivity contribution in [1.29, 1.82) is 0 Å². The number of halogens is 3. The fraction of sp³-hybridized carbons (Fsp3) is 0.364. The SMILES string of the molecule is CCC(C)CSc1ncnn1CC1(c2ccc(F)cc2F)OC1c1ccccc1Cl. The Labute approximate surface area is 183 Å². The second-order valence-corrected chi connectivity index (χ2v) is 8.95. The predicted octanol–water partition coefficient (Wildman–Crippen LogP) is 6.01. The van der Waals surface area contributed by atoms with E-state index >= 15 is 0 Å². The van der Waals surface area contributed by atoms with Crippen LogP contribution >= 0.6 is 23.4 Å². The third-order valence-electron chi connectivity index (χ3n) is 5.43. The van der Waals surface area contributed by atoms with E-state index in [0.717, 1.165) is 29.0 Å². The van der Waals surface area contributed by atoms with Crippen LogP contribution in [0.4, 0.5) is 8.78 Å². The molecule has 0 radical (unpaired) electrons. The fourth-order valence-electron chi connectivity index (χ4n) is 3.45. The molecule has 30 heavy (non-hydrogen) atoms. The topological polar surface area (TPSA) is 43.2 Å². The Balaban J connectivity index is 1.69. The molecule has 0 N–H and O–H groups in total. The molecule has 1 aliphatic heterocycles. The summed E-state index contributed by atoms with van der Waals surface area (Å²) >= 11 is 7.99. The largest absolute Gasteiger partial charge is 0.354 e. The number of hydrogen-bond acceptors (Lipinski definition) is 4. The standard InChI is InChI=1S/C22H22ClF2N3OS/c1-3-14(2)11-30-21-26-13-27-28(21)12-22(17-9-8-15(24)10-19(17)25)20(29-22)16-6-4-5-7-18(16)23/h4-10,13-14,20H,3,11-12H2,1-2H3. The van der Waals surface area contributed by atoms with E-state index in [1.165, 1.54) is 18.5 Å². The van der Waals surface area contributed by atoms with Crippen LogP contribution in [-0.4, -0.2) is 20.5 Å². The van der Waals surface area contributed by atoms with Crippen molar-refractivity contribution in [3.8, 4) is 0 Å². The van der Waals surface area contributed by atoms with Gasteiger partial charge in [-0.1, -0.05) is 67.9 Å². The summed E-state index contributed by atoms with van der Waals surface area (Å²) in [5.74, 6) is 0.157. The van der Waals surface area contributed by atoms with Crippen LogP contribution in [0, 0.1) is 17.6 Å². The molecule has 1 aliphatic rings. The van der Waals surface area contributed by atoms with E-state index < -0.39 is 23.3 Å². The zero-order valence-corrected chi connectivity index (χ0v) is 18.3. The predicted molar refractivity (Wildman–Crippen MR) is 114 cm³/mol. The van der Waals surface area contributed by atoms with Crippen LogP contribution in [0.1, 0.15) is 37.5 Å². The first-order valence-electron chi connectivity index (χ1n) is 9.83. The van der Waals surface area contributed by atoms with Crippen LogP contribution in [0.5, 0.6) is 0 Å². The van der Waals surface area contributed by atoms with Crippen molar-refractivity contribution in [3.63, 3.8) is 0 Å². The quantitative estimate of drug-likeness (QED) is 0.312. The van der Waals surface area contributed by atoms with Gasteiger partial charge in [0, 0.05) is 28.0 Å². The maximum Gasteiger partial charge on any atom is 0.186 e. The lowest BCUT2D eigenvalue weighted by atomic mass is 9.91. The summed E-state index contributed by atoms with van der Waals surface area (Å²) in [7, 11) is 0. The van der Waals surface area contributed by atoms with Gasteiger partial charge < -0.3 is 4.74 Å². The first-order valence-corrected chi connectivity index (χ1v) is 11.2. The molecule has 4 nitrogen and oxygen atoms in total. The molecule has 4 rings (SSSR count). The third-order valence-corrected chi connectivity index (χ3v) is 7.08. The smallest absolute Gasteiger partial charge is 0.186 e. The van der Waals surface area contributed by atoms with Crippen molar-refractivity contribution in [3.05, 3.63) is 76.6 Å². The van der Waals surface area contributed by atoms with Gasteiger partial charge in [-0.15, -0.1) is 0 Å². The van der Waals surface area contributed by atoms with E-state index in [9.17, 15) is 8.78 Å². The highest BCUT2D eigenvalue weighted by Crippen LogP contribution is 2.59. The number of hydrogen-bond donors (Lipinski definition) is 0. The van der Waals surface area contributed by atoms with Gasteiger partial charge in [0.1, 0.15) is 29.7 Å². The molecule has 3 atom stereocenters. The molecule has 158 valence electrons. The number of thioether (sulfide) groups is 1. The Morgan fingerprint density at radius 3 is 2.80 bits per heavy atom. The number of benzene rings is 2. The van der Waals surface area contributed by atoms with Crippen LogP contribution in [-0.2, 0) is 16.9 Å². The molecule has 2 heterocycles. The highest BCUT2D eigenvalue weighted by Gasteiger charge is 2.61. The lowest BCUT2D eigenvalue weighted by molar-refractivity contribution is 0.250. The van der Waals surface area contributed by atoms with Crippen molar-refractivity contribution >= 4 is 23.4 Å². The monoisotopic (exact) mass is 449 g/mol. The first kappa shape index (κ1) is 21.3. The Bertz CT molecular complexity index is 1050. The molecule has 0 spiro atoms. The zero-order valence-electron chi connectivity index (χ0n) is 16.7. The van der Waals surface area contributed by atoms with Gasteiger partial charge in [-0.3, -0.25) is 0 Å². The Morgan fingerprint density at radius 1 is 1.27 bits per heavy atom. The van der Waals surface area contributed by atoms with Gasteiger partial charge in [-0.25, -0.2) is 18.4 Å². The van der Waals surface area contributed by atoms with Crippen LogP contribution in [0.2, 0.25) is 5.02 Å². The first-order chi connectivity index (χ1) is 14.4. The lowest BCUT2D eigenvalue weighted by Gasteiger charge is -2.17. The summed E-state index contributed by atoms with van der Waals surface area (Å²) in [5, 5.41) is 5.62. The average molecular weight is 450 g/mol. The second-order valence-electron chi connectivity index (χ2n) is 7.56. The number of nitrogens with zero attached hydrogens (tertiary/aromatic N) is 3. The summed E-state index contributed by atoms with van der Waals surface area (Å²) in [5.41, 5.74) is 0.00123. The highest BCUT2D eigenvalue weighted by atomic mass is 35.5. The minimum atomic E-state index is -1.04. The van der Waals surface area contributed by atoms with E-state index in [0.29, 0.717) is 10.9 Å². The average Bonchev–Trinajstić information content (AvgIpc) is 3.26. The molecule has 0 saturated carbocycles. The molecule has 0 amide bonds. The lowest BCUT2D eigenvalue weighted by Crippen LogP contribution is -2.22. The molecule has 2 aromatic carbocycles. The molecule has 0 bridgehead atoms. The molecular formula is C22H22ClF2N3OS. The van der Waals surface area contributed by atoms with Crippen LogP contribution < -0.4 is 0 Å². The van der Waals surface area contributed by atoms with Crippen molar-refractivity contribution in [2.75, 3.05) is 5.75 Å². The number of epoxide rings is 1. The van der Waals surface area contributed by atoms with E-state index in [4.69, 9.17) is 16.3 Å². The highest BCUT2D eigenvalue weighted by molar-refractivity contribution is 7.99. The van der Waals surface area contributed by atoms with Crippen molar-refractivity contribution < 1.29 is 13.5 Å². The van der Waals surface area contributed by atoms with Crippen molar-refractivity contribution in [2.24, 2.45) is 5.92 Å². The molecule has 3 unspecified atom stereocenters. The molecule has 3 aromatic rings. The van der Waals surface area contributed by atoms with Gasteiger partial charge in [0.2, 0.25) is 0 Å². The van der Waals surface area contributed by atoms with Crippen molar-refractivity contribution in [2.45, 2.75) is 43.7 Å². The molecule has 1 fully saturated rings. The number of aromatic nitrogens is 3. The zero-order chi connectivity index (χ0) is 21.3. The van der Waals surface area contributed by atoms with Gasteiger partial charge >= 0.3 is 0 Å². The van der Waals surface area contributed by atoms with Gasteiger partial charge in [-0.05, 0) is 18.1 Å². The minimum Gasteiger partial charge on any atom is -0.354 e. The van der Waals surface area contributed by atoms with E-state index in [-0.39, 0.29) is 12.1 Å². The van der Waals surface area contributed by atoms with Crippen LogP contribution in [0.3, 0.4) is 0 Å². The Morgan fingerprint density at radius 2 is 2.07 bits per heavy atom. The van der Waals surface area contributed by atoms with E-state index in [2.05, 4.69) is 23.9 Å². The summed E-state index contributed by atoms with van der Waals surface area (Å²) < 4.78 is 36.2. The van der Waals surface area contributed by atoms with Gasteiger partial charge in [0.15, 0.2) is 5.16 Å². The maximum absolute atomic E-state index is 14.8. The maximum atomic E-state index is 14.8.